The number of aromatic amines is 1. The first-order valence-corrected chi connectivity index (χ1v) is 14.8. The highest BCUT2D eigenvalue weighted by Crippen LogP contribution is 2.53. The van der Waals surface area contributed by atoms with Gasteiger partial charge in [0.15, 0.2) is 6.61 Å². The number of alkyl halides is 3. The topological polar surface area (TPSA) is 152 Å². The second-order valence-corrected chi connectivity index (χ2v) is 12.2. The van der Waals surface area contributed by atoms with Gasteiger partial charge in [0, 0.05) is 28.6 Å². The van der Waals surface area contributed by atoms with Crippen LogP contribution >= 0.6 is 23.1 Å². The van der Waals surface area contributed by atoms with E-state index < -0.39 is 58.1 Å². The Balaban J connectivity index is 1.21. The molecule has 4 aromatic rings. The summed E-state index contributed by atoms with van der Waals surface area (Å²) >= 11 is 2.01. The number of aromatic nitrogens is 1. The van der Waals surface area contributed by atoms with Crippen LogP contribution in [0.5, 0.6) is 5.75 Å². The van der Waals surface area contributed by atoms with Gasteiger partial charge in [0.25, 0.3) is 11.6 Å². The molecule has 6 rings (SSSR count). The zero-order valence-corrected chi connectivity index (χ0v) is 24.2. The number of amides is 3. The summed E-state index contributed by atoms with van der Waals surface area (Å²) in [5.74, 6) is -3.04. The molecule has 45 heavy (non-hydrogen) atoms. The van der Waals surface area contributed by atoms with Crippen molar-refractivity contribution >= 4 is 57.9 Å². The van der Waals surface area contributed by atoms with Crippen LogP contribution in [0.25, 0.3) is 0 Å². The van der Waals surface area contributed by atoms with E-state index in [-0.39, 0.29) is 27.7 Å². The van der Waals surface area contributed by atoms with Crippen molar-refractivity contribution in [1.82, 2.24) is 4.98 Å². The maximum atomic E-state index is 13.8. The molecule has 3 heterocycles. The number of halogens is 3. The normalized spacial score (nSPS) is 19.2. The number of carbonyl (C=O) groups excluding carboxylic acids is 3. The van der Waals surface area contributed by atoms with Crippen molar-refractivity contribution in [3.05, 3.63) is 109 Å². The molecule has 0 saturated carbocycles. The third-order valence-corrected chi connectivity index (χ3v) is 9.63. The molecule has 0 bridgehead atoms. The average Bonchev–Trinajstić information content (AvgIpc) is 3.50. The Kier molecular flexibility index (Phi) is 7.70. The number of benzene rings is 3. The van der Waals surface area contributed by atoms with E-state index in [1.165, 1.54) is 48.5 Å². The summed E-state index contributed by atoms with van der Waals surface area (Å²) in [6.45, 7) is -0.499. The molecule has 1 aromatic heterocycles. The number of fused-ring (bicyclic) bond motifs is 2. The Morgan fingerprint density at radius 3 is 2.40 bits per heavy atom. The summed E-state index contributed by atoms with van der Waals surface area (Å²) in [5.41, 5.74) is -0.368. The Hall–Kier alpha value is -4.96. The summed E-state index contributed by atoms with van der Waals surface area (Å²) in [4.78, 5) is 66.4. The van der Waals surface area contributed by atoms with Crippen molar-refractivity contribution in [2.24, 2.45) is 5.92 Å². The molecule has 2 aliphatic heterocycles. The maximum absolute atomic E-state index is 13.8. The maximum Gasteiger partial charge on any atom is 0.416 e. The van der Waals surface area contributed by atoms with Crippen LogP contribution in [-0.2, 0) is 20.6 Å². The first-order valence-electron chi connectivity index (χ1n) is 13.1. The second kappa shape index (κ2) is 11.5. The summed E-state index contributed by atoms with van der Waals surface area (Å²) < 4.78 is 44.4. The SMILES string of the molecule is O=C(COc1ccc([C@@H]2c3sc(=O)[nH]c3S[C@H]3C(=O)N(c4ccc([N+](=O)[O-])cc4)C(=O)[C@@H]23)cc1)Nc1cccc(C(F)(F)F)c1. The summed E-state index contributed by atoms with van der Waals surface area (Å²) in [7, 11) is 0. The van der Waals surface area contributed by atoms with Gasteiger partial charge in [-0.05, 0) is 48.0 Å². The molecule has 230 valence electrons. The molecule has 11 nitrogen and oxygen atoms in total. The van der Waals surface area contributed by atoms with Gasteiger partial charge >= 0.3 is 11.0 Å². The van der Waals surface area contributed by atoms with E-state index in [0.717, 1.165) is 40.1 Å². The third kappa shape index (κ3) is 5.81. The number of hydrogen-bond acceptors (Lipinski definition) is 9. The quantitative estimate of drug-likeness (QED) is 0.157. The molecule has 3 aromatic carbocycles. The van der Waals surface area contributed by atoms with Crippen LogP contribution in [0.3, 0.4) is 0 Å². The number of imide groups is 1. The first kappa shape index (κ1) is 30.1. The number of rotatable bonds is 7. The van der Waals surface area contributed by atoms with E-state index in [0.29, 0.717) is 15.5 Å². The number of nitrogens with zero attached hydrogens (tertiary/aromatic N) is 2. The van der Waals surface area contributed by atoms with Gasteiger partial charge in [-0.25, -0.2) is 4.90 Å². The largest absolute Gasteiger partial charge is 0.484 e. The average molecular weight is 657 g/mol. The molecule has 2 N–H and O–H groups in total. The highest BCUT2D eigenvalue weighted by atomic mass is 32.2. The third-order valence-electron chi connectivity index (χ3n) is 7.23. The molecule has 3 atom stereocenters. The molecule has 1 saturated heterocycles. The Labute approximate surface area is 259 Å². The van der Waals surface area contributed by atoms with Crippen LogP contribution < -0.4 is 19.8 Å². The van der Waals surface area contributed by atoms with E-state index in [4.69, 9.17) is 4.74 Å². The zero-order chi connectivity index (χ0) is 32.0. The Bertz CT molecular complexity index is 1890. The lowest BCUT2D eigenvalue weighted by molar-refractivity contribution is -0.384. The summed E-state index contributed by atoms with van der Waals surface area (Å²) in [5, 5.41) is 13.0. The van der Waals surface area contributed by atoms with Gasteiger partial charge in [-0.3, -0.25) is 29.3 Å². The van der Waals surface area contributed by atoms with Crippen LogP contribution in [-0.4, -0.2) is 39.5 Å². The van der Waals surface area contributed by atoms with E-state index in [1.54, 1.807) is 12.1 Å². The molecule has 1 fully saturated rings. The molecule has 2 aliphatic rings. The van der Waals surface area contributed by atoms with Crippen LogP contribution in [0, 0.1) is 16.0 Å². The van der Waals surface area contributed by atoms with Crippen molar-refractivity contribution in [3.63, 3.8) is 0 Å². The van der Waals surface area contributed by atoms with Gasteiger partial charge < -0.3 is 15.0 Å². The lowest BCUT2D eigenvalue weighted by atomic mass is 9.83. The predicted octanol–water partition coefficient (Wildman–Crippen LogP) is 5.18. The van der Waals surface area contributed by atoms with Crippen LogP contribution in [0.15, 0.2) is 82.6 Å². The number of H-pyrrole nitrogens is 1. The van der Waals surface area contributed by atoms with Crippen LogP contribution in [0.1, 0.15) is 21.9 Å². The Morgan fingerprint density at radius 1 is 1.02 bits per heavy atom. The molecule has 0 radical (unpaired) electrons. The highest BCUT2D eigenvalue weighted by Gasteiger charge is 2.56. The number of non-ortho nitro benzene ring substituents is 1. The number of thiazole rings is 1. The number of ether oxygens (including phenoxy) is 1. The van der Waals surface area contributed by atoms with Gasteiger partial charge in [0.05, 0.1) is 27.1 Å². The molecule has 16 heteroatoms. The van der Waals surface area contributed by atoms with Gasteiger partial charge in [-0.1, -0.05) is 41.3 Å². The lowest BCUT2D eigenvalue weighted by Crippen LogP contribution is -2.32. The second-order valence-electron chi connectivity index (χ2n) is 10.0. The number of thioether (sulfide) groups is 1. The van der Waals surface area contributed by atoms with Crippen LogP contribution in [0.4, 0.5) is 30.2 Å². The van der Waals surface area contributed by atoms with Crippen molar-refractivity contribution in [3.8, 4) is 5.75 Å². The number of nitro groups is 1. The highest BCUT2D eigenvalue weighted by molar-refractivity contribution is 8.00. The first-order chi connectivity index (χ1) is 21.4. The van der Waals surface area contributed by atoms with Crippen molar-refractivity contribution in [1.29, 1.82) is 0 Å². The molecular weight excluding hydrogens is 637 g/mol. The fraction of sp³-hybridized carbons (Fsp3) is 0.172. The van der Waals surface area contributed by atoms with Crippen molar-refractivity contribution in [2.45, 2.75) is 22.4 Å². The van der Waals surface area contributed by atoms with Gasteiger partial charge in [0.2, 0.25) is 11.8 Å². The summed E-state index contributed by atoms with van der Waals surface area (Å²) in [6, 6.07) is 15.6. The molecular formula is C29H19F3N4O7S2. The van der Waals surface area contributed by atoms with E-state index in [1.807, 2.05) is 0 Å². The number of carbonyl (C=O) groups is 3. The predicted molar refractivity (Wildman–Crippen MR) is 158 cm³/mol. The minimum absolute atomic E-state index is 0.0432. The van der Waals surface area contributed by atoms with Crippen molar-refractivity contribution < 1.29 is 37.2 Å². The smallest absolute Gasteiger partial charge is 0.416 e. The fourth-order valence-electron chi connectivity index (χ4n) is 5.24. The molecule has 0 aliphatic carbocycles. The van der Waals surface area contributed by atoms with Gasteiger partial charge in [-0.2, -0.15) is 13.2 Å². The monoisotopic (exact) mass is 656 g/mol. The number of hydrogen-bond donors (Lipinski definition) is 2. The Morgan fingerprint density at radius 2 is 1.73 bits per heavy atom. The van der Waals surface area contributed by atoms with Gasteiger partial charge in [0.1, 0.15) is 11.0 Å². The summed E-state index contributed by atoms with van der Waals surface area (Å²) in [6.07, 6.45) is -4.56. The van der Waals surface area contributed by atoms with E-state index in [9.17, 15) is 42.5 Å². The van der Waals surface area contributed by atoms with Gasteiger partial charge in [-0.15, -0.1) is 0 Å². The standard InChI is InChI=1S/C29H19F3N4O7S2/c30-29(31,32)15-2-1-3-16(12-15)33-20(37)13-43-19-10-4-14(5-11-19)21-22-24(44-25-23(21)45-28(40)34-25)27(39)35(26(22)38)17-6-8-18(9-7-17)36(41)42/h1-12,21-22,24H,13H2,(H,33,37)(H,34,40)/t21-,22-,24+/m0/s1. The molecule has 3 amide bonds. The lowest BCUT2D eigenvalue weighted by Gasteiger charge is -2.29. The molecule has 0 unspecified atom stereocenters. The number of anilines is 2. The minimum atomic E-state index is -4.56. The fourth-order valence-corrected chi connectivity index (χ4v) is 7.76. The van der Waals surface area contributed by atoms with E-state index in [2.05, 4.69) is 10.3 Å². The number of nitro benzene ring substituents is 1. The van der Waals surface area contributed by atoms with Crippen molar-refractivity contribution in [2.75, 3.05) is 16.8 Å². The van der Waals surface area contributed by atoms with E-state index >= 15 is 0 Å². The number of nitrogens with one attached hydrogen (secondary N) is 2. The minimum Gasteiger partial charge on any atom is -0.484 e. The molecule has 0 spiro atoms. The van der Waals surface area contributed by atoms with Crippen LogP contribution in [0.2, 0.25) is 0 Å². The zero-order valence-electron chi connectivity index (χ0n) is 22.6.